The van der Waals surface area contributed by atoms with Crippen LogP contribution in [0, 0.1) is 41.5 Å². The molecule has 2 aromatic carbocycles. The van der Waals surface area contributed by atoms with Crippen LogP contribution in [0.3, 0.4) is 0 Å². The molecule has 3 nitrogen and oxygen atoms in total. The van der Waals surface area contributed by atoms with E-state index in [2.05, 4.69) is 123 Å². The largest absolute Gasteiger partial charge is 0.380 e. The third-order valence-corrected chi connectivity index (χ3v) is 10.6. The molecule has 3 rings (SSSR count). The topological polar surface area (TPSA) is 31.4 Å². The monoisotopic (exact) mass is 579 g/mol. The average molecular weight is 580 g/mol. The van der Waals surface area contributed by atoms with E-state index < -0.39 is 16.6 Å². The molecule has 7 heteroatoms. The van der Waals surface area contributed by atoms with Crippen LogP contribution in [0.4, 0.5) is 0 Å². The van der Waals surface area contributed by atoms with Gasteiger partial charge in [-0.1, -0.05) is 41.5 Å². The summed E-state index contributed by atoms with van der Waals surface area (Å²) < 4.78 is 13.4. The van der Waals surface area contributed by atoms with E-state index >= 15 is 0 Å². The van der Waals surface area contributed by atoms with Crippen molar-refractivity contribution >= 4 is 54.6 Å². The lowest BCUT2D eigenvalue weighted by Gasteiger charge is -2.22. The van der Waals surface area contributed by atoms with Crippen LogP contribution in [0.1, 0.15) is 44.8 Å². The van der Waals surface area contributed by atoms with Gasteiger partial charge in [0.1, 0.15) is 11.0 Å². The van der Waals surface area contributed by atoms with E-state index in [0.29, 0.717) is 0 Å². The van der Waals surface area contributed by atoms with Crippen molar-refractivity contribution in [1.82, 2.24) is 4.98 Å². The SMILES string of the molecule is Cc1cc(C)c(P=C(O[Si](C)(C)C)c2cccc(C(O[Si](C)(C)C)=Pc3c(C)cc(C)cc3C)n2)c(C)c1. The Morgan fingerprint density at radius 1 is 0.579 bits per heavy atom. The number of rotatable bonds is 8. The van der Waals surface area contributed by atoms with Crippen LogP contribution >= 0.6 is 16.4 Å². The van der Waals surface area contributed by atoms with Gasteiger partial charge in [-0.2, -0.15) is 0 Å². The van der Waals surface area contributed by atoms with Gasteiger partial charge < -0.3 is 8.85 Å². The number of benzene rings is 2. The molecule has 0 aliphatic rings. The van der Waals surface area contributed by atoms with Crippen molar-refractivity contribution < 1.29 is 8.85 Å². The fourth-order valence-electron chi connectivity index (χ4n) is 4.42. The lowest BCUT2D eigenvalue weighted by molar-refractivity contribution is 0.561. The quantitative estimate of drug-likeness (QED) is 0.199. The first kappa shape index (κ1) is 30.8. The van der Waals surface area contributed by atoms with Gasteiger partial charge in [-0.15, -0.1) is 0 Å². The Morgan fingerprint density at radius 2 is 0.895 bits per heavy atom. The zero-order valence-corrected chi connectivity index (χ0v) is 29.0. The molecule has 202 valence electrons. The number of hydrogen-bond donors (Lipinski definition) is 0. The second-order valence-corrected chi connectivity index (χ2v) is 23.2. The summed E-state index contributed by atoms with van der Waals surface area (Å²) >= 11 is 0. The molecule has 0 atom stereocenters. The molecule has 0 aliphatic heterocycles. The van der Waals surface area contributed by atoms with Gasteiger partial charge >= 0.3 is 0 Å². The average Bonchev–Trinajstić information content (AvgIpc) is 2.75. The molecule has 1 aromatic heterocycles. The van der Waals surface area contributed by atoms with Crippen molar-refractivity contribution in [2.75, 3.05) is 0 Å². The highest BCUT2D eigenvalue weighted by Crippen LogP contribution is 2.23. The van der Waals surface area contributed by atoms with Crippen molar-refractivity contribution in [3.05, 3.63) is 87.2 Å². The van der Waals surface area contributed by atoms with Crippen molar-refractivity contribution in [3.8, 4) is 0 Å². The Kier molecular flexibility index (Phi) is 9.90. The molecule has 38 heavy (non-hydrogen) atoms. The van der Waals surface area contributed by atoms with Crippen LogP contribution in [-0.2, 0) is 8.85 Å². The molecule has 0 saturated carbocycles. The van der Waals surface area contributed by atoms with Gasteiger partial charge in [0.15, 0.2) is 16.6 Å². The van der Waals surface area contributed by atoms with E-state index in [1.165, 1.54) is 44.0 Å². The maximum Gasteiger partial charge on any atom is 0.192 e. The zero-order valence-electron chi connectivity index (χ0n) is 25.2. The minimum absolute atomic E-state index is 0.884. The van der Waals surface area contributed by atoms with Crippen molar-refractivity contribution in [2.24, 2.45) is 0 Å². The van der Waals surface area contributed by atoms with Gasteiger partial charge in [-0.25, -0.2) is 4.98 Å². The number of pyridine rings is 1. The van der Waals surface area contributed by atoms with Gasteiger partial charge in [-0.05, 0) is 132 Å². The van der Waals surface area contributed by atoms with Crippen molar-refractivity contribution in [1.29, 1.82) is 0 Å². The molecule has 0 fully saturated rings. The predicted molar refractivity (Wildman–Crippen MR) is 176 cm³/mol. The second-order valence-electron chi connectivity index (χ2n) is 12.2. The van der Waals surface area contributed by atoms with Gasteiger partial charge in [0.05, 0.1) is 11.4 Å². The minimum atomic E-state index is -1.88. The molecule has 0 aliphatic carbocycles. The molecule has 0 saturated heterocycles. The van der Waals surface area contributed by atoms with Gasteiger partial charge in [0.2, 0.25) is 0 Å². The van der Waals surface area contributed by atoms with Crippen molar-refractivity contribution in [3.63, 3.8) is 0 Å². The molecular weight excluding hydrogens is 536 g/mol. The van der Waals surface area contributed by atoms with Crippen molar-refractivity contribution in [2.45, 2.75) is 80.8 Å². The Labute approximate surface area is 235 Å². The Bertz CT molecular complexity index is 1250. The summed E-state index contributed by atoms with van der Waals surface area (Å²) in [5.74, 6) is 0. The number of nitrogens with zero attached hydrogens (tertiary/aromatic N) is 1. The number of hydrogen-bond acceptors (Lipinski definition) is 3. The van der Waals surface area contributed by atoms with Crippen LogP contribution in [0.15, 0.2) is 42.5 Å². The third kappa shape index (κ3) is 8.64. The summed E-state index contributed by atoms with van der Waals surface area (Å²) in [7, 11) is -1.66. The highest BCUT2D eigenvalue weighted by atomic mass is 31.1. The van der Waals surface area contributed by atoms with E-state index in [9.17, 15) is 0 Å². The van der Waals surface area contributed by atoms with Crippen LogP contribution in [0.25, 0.3) is 0 Å². The maximum atomic E-state index is 6.71. The lowest BCUT2D eigenvalue weighted by atomic mass is 10.1. The molecule has 0 unspecified atom stereocenters. The van der Waals surface area contributed by atoms with Gasteiger partial charge in [0.25, 0.3) is 0 Å². The lowest BCUT2D eigenvalue weighted by Crippen LogP contribution is -2.31. The molecule has 1 heterocycles. The molecule has 0 radical (unpaired) electrons. The maximum absolute atomic E-state index is 6.71. The smallest absolute Gasteiger partial charge is 0.192 e. The summed E-state index contributed by atoms with van der Waals surface area (Å²) in [6, 6.07) is 15.3. The summed E-state index contributed by atoms with van der Waals surface area (Å²) in [5, 5.41) is 2.59. The zero-order chi connectivity index (χ0) is 28.4. The van der Waals surface area contributed by atoms with E-state index in [4.69, 9.17) is 13.8 Å². The Balaban J connectivity index is 2.21. The number of aryl methyl sites for hydroxylation is 6. The number of aromatic nitrogens is 1. The normalized spacial score (nSPS) is 13.3. The second kappa shape index (κ2) is 12.2. The molecule has 0 spiro atoms. The molecule has 0 N–H and O–H groups in total. The summed E-state index contributed by atoms with van der Waals surface area (Å²) in [6.45, 7) is 26.5. The standard InChI is InChI=1S/C31H43NO2P2Si2/c1-20-16-22(3)28(23(4)17-20)35-30(33-37(7,8)9)26-14-13-15-27(32-26)31(34-38(10,11)12)36-29-24(5)18-21(2)19-25(29)6/h13-19H,1-12H3. The Hall–Kier alpha value is -1.72. The molecule has 0 bridgehead atoms. The minimum Gasteiger partial charge on any atom is -0.380 e. The van der Waals surface area contributed by atoms with Crippen LogP contribution in [0.2, 0.25) is 39.3 Å². The first-order chi connectivity index (χ1) is 17.5. The summed E-state index contributed by atoms with van der Waals surface area (Å²) in [5.41, 5.74) is 11.3. The summed E-state index contributed by atoms with van der Waals surface area (Å²) in [4.78, 5) is 5.19. The van der Waals surface area contributed by atoms with E-state index in [1.54, 1.807) is 0 Å². The predicted octanol–water partition coefficient (Wildman–Crippen LogP) is 8.13. The molecular formula is C31H43NO2P2Si2. The fourth-order valence-corrected chi connectivity index (χ4v) is 9.64. The van der Waals surface area contributed by atoms with Crippen LogP contribution in [-0.4, -0.2) is 32.6 Å². The molecule has 3 aromatic rings. The van der Waals surface area contributed by atoms with E-state index in [1.807, 2.05) is 0 Å². The Morgan fingerprint density at radius 3 is 1.18 bits per heavy atom. The van der Waals surface area contributed by atoms with Gasteiger partial charge in [-0.3, -0.25) is 0 Å². The van der Waals surface area contributed by atoms with E-state index in [0.717, 1.165) is 38.8 Å². The molecule has 0 amide bonds. The first-order valence-corrected chi connectivity index (χ1v) is 21.8. The summed E-state index contributed by atoms with van der Waals surface area (Å²) in [6.07, 6.45) is 0. The highest BCUT2D eigenvalue weighted by molar-refractivity contribution is 7.50. The van der Waals surface area contributed by atoms with Gasteiger partial charge in [0, 0.05) is 10.6 Å². The van der Waals surface area contributed by atoms with E-state index in [-0.39, 0.29) is 0 Å². The fraction of sp³-hybridized carbons (Fsp3) is 0.387. The van der Waals surface area contributed by atoms with Crippen LogP contribution in [0.5, 0.6) is 0 Å². The highest BCUT2D eigenvalue weighted by Gasteiger charge is 2.23. The third-order valence-electron chi connectivity index (χ3n) is 5.69. The van der Waals surface area contributed by atoms with Crippen LogP contribution < -0.4 is 10.6 Å². The first-order valence-electron chi connectivity index (χ1n) is 13.2.